The summed E-state index contributed by atoms with van der Waals surface area (Å²) in [4.78, 5) is 37.8. The van der Waals surface area contributed by atoms with Crippen LogP contribution in [0.15, 0.2) is 23.8 Å². The summed E-state index contributed by atoms with van der Waals surface area (Å²) in [5.41, 5.74) is 1.23. The van der Waals surface area contributed by atoms with E-state index in [0.717, 1.165) is 6.42 Å². The Labute approximate surface area is 128 Å². The molecule has 116 valence electrons. The van der Waals surface area contributed by atoms with Crippen LogP contribution in [0.5, 0.6) is 0 Å². The zero-order valence-electron chi connectivity index (χ0n) is 12.3. The lowest BCUT2D eigenvalue weighted by Gasteiger charge is -2.40. The van der Waals surface area contributed by atoms with Crippen LogP contribution in [0.2, 0.25) is 0 Å². The van der Waals surface area contributed by atoms with Gasteiger partial charge in [-0.3, -0.25) is 19.7 Å². The molecule has 1 N–H and O–H groups in total. The van der Waals surface area contributed by atoms with Gasteiger partial charge in [0.05, 0.1) is 5.92 Å². The van der Waals surface area contributed by atoms with Crippen LogP contribution in [0, 0.1) is 11.8 Å². The summed E-state index contributed by atoms with van der Waals surface area (Å²) >= 11 is 0. The molecule has 3 saturated heterocycles. The molecule has 1 aliphatic carbocycles. The van der Waals surface area contributed by atoms with Crippen molar-refractivity contribution in [2.75, 3.05) is 0 Å². The molecule has 0 radical (unpaired) electrons. The van der Waals surface area contributed by atoms with Crippen LogP contribution in [-0.2, 0) is 19.1 Å². The number of ether oxygens (including phenoxy) is 1. The molecule has 6 heteroatoms. The zero-order valence-corrected chi connectivity index (χ0v) is 12.3. The van der Waals surface area contributed by atoms with Gasteiger partial charge < -0.3 is 9.64 Å². The zero-order chi connectivity index (χ0) is 15.4. The van der Waals surface area contributed by atoms with E-state index in [0.29, 0.717) is 6.42 Å². The maximum absolute atomic E-state index is 12.9. The fourth-order valence-corrected chi connectivity index (χ4v) is 3.94. The molecule has 0 aromatic heterocycles. The average molecular weight is 302 g/mol. The molecule has 3 amide bonds. The van der Waals surface area contributed by atoms with Gasteiger partial charge in [0.2, 0.25) is 17.7 Å². The van der Waals surface area contributed by atoms with Gasteiger partial charge in [-0.1, -0.05) is 30.7 Å². The van der Waals surface area contributed by atoms with Gasteiger partial charge >= 0.3 is 0 Å². The monoisotopic (exact) mass is 302 g/mol. The summed E-state index contributed by atoms with van der Waals surface area (Å²) in [6.07, 6.45) is 7.08. The van der Waals surface area contributed by atoms with Crippen molar-refractivity contribution in [3.8, 4) is 0 Å². The molecule has 4 rings (SSSR count). The van der Waals surface area contributed by atoms with E-state index in [9.17, 15) is 14.4 Å². The third-order valence-electron chi connectivity index (χ3n) is 5.07. The Morgan fingerprint density at radius 1 is 1.36 bits per heavy atom. The second-order valence-electron chi connectivity index (χ2n) is 6.24. The van der Waals surface area contributed by atoms with E-state index in [2.05, 4.69) is 18.3 Å². The van der Waals surface area contributed by atoms with E-state index in [1.807, 2.05) is 12.2 Å². The normalized spacial score (nSPS) is 39.9. The maximum atomic E-state index is 12.9. The highest BCUT2D eigenvalue weighted by atomic mass is 16.6. The summed E-state index contributed by atoms with van der Waals surface area (Å²) in [7, 11) is 0. The van der Waals surface area contributed by atoms with E-state index >= 15 is 0 Å². The SMILES string of the molecule is CCC1=CC=CC2C(=O)N(C3CCC(=O)NC3=O)C3OC3C12. The topological polar surface area (TPSA) is 79.0 Å². The fraction of sp³-hybridized carbons (Fsp3) is 0.562. The van der Waals surface area contributed by atoms with Gasteiger partial charge in [0, 0.05) is 12.3 Å². The predicted octanol–water partition coefficient (Wildman–Crippen LogP) is 0.497. The summed E-state index contributed by atoms with van der Waals surface area (Å²) in [5, 5.41) is 2.32. The van der Waals surface area contributed by atoms with Crippen LogP contribution < -0.4 is 5.32 Å². The Balaban J connectivity index is 1.62. The lowest BCUT2D eigenvalue weighted by Crippen LogP contribution is -2.59. The number of fused-ring (bicyclic) bond motifs is 3. The number of hydrogen-bond donors (Lipinski definition) is 1. The lowest BCUT2D eigenvalue weighted by molar-refractivity contribution is -0.151. The highest BCUT2D eigenvalue weighted by Crippen LogP contribution is 2.49. The van der Waals surface area contributed by atoms with Crippen molar-refractivity contribution in [2.24, 2.45) is 11.8 Å². The Morgan fingerprint density at radius 3 is 2.91 bits per heavy atom. The van der Waals surface area contributed by atoms with Crippen molar-refractivity contribution in [3.63, 3.8) is 0 Å². The van der Waals surface area contributed by atoms with E-state index in [4.69, 9.17) is 4.74 Å². The van der Waals surface area contributed by atoms with Gasteiger partial charge in [-0.05, 0) is 12.8 Å². The van der Waals surface area contributed by atoms with Crippen molar-refractivity contribution in [2.45, 2.75) is 44.6 Å². The standard InChI is InChI=1S/C16H18N2O4/c1-2-8-4-3-5-9-12(8)13-16(22-13)18(15(9)21)10-6-7-11(19)17-14(10)20/h3-5,9-10,12-13,16H,2,6-7H2,1H3,(H,17,19,20). The van der Waals surface area contributed by atoms with Crippen LogP contribution >= 0.6 is 0 Å². The first-order chi connectivity index (χ1) is 10.6. The minimum atomic E-state index is -0.592. The highest BCUT2D eigenvalue weighted by molar-refractivity contribution is 6.02. The molecule has 0 spiro atoms. The number of rotatable bonds is 2. The van der Waals surface area contributed by atoms with Crippen molar-refractivity contribution in [1.82, 2.24) is 10.2 Å². The van der Waals surface area contributed by atoms with Crippen LogP contribution in [0.4, 0.5) is 0 Å². The van der Waals surface area contributed by atoms with Gasteiger partial charge in [0.15, 0.2) is 6.23 Å². The van der Waals surface area contributed by atoms with Crippen molar-refractivity contribution < 1.29 is 19.1 Å². The quantitative estimate of drug-likeness (QED) is 0.595. The van der Waals surface area contributed by atoms with Crippen LogP contribution in [-0.4, -0.2) is 41.0 Å². The van der Waals surface area contributed by atoms with E-state index < -0.39 is 6.04 Å². The number of piperidine rings is 2. The van der Waals surface area contributed by atoms with Crippen LogP contribution in [0.3, 0.4) is 0 Å². The Kier molecular flexibility index (Phi) is 2.97. The second-order valence-corrected chi connectivity index (χ2v) is 6.24. The third kappa shape index (κ3) is 1.86. The van der Waals surface area contributed by atoms with Gasteiger partial charge in [-0.15, -0.1) is 0 Å². The van der Waals surface area contributed by atoms with E-state index in [1.54, 1.807) is 4.90 Å². The van der Waals surface area contributed by atoms with Crippen LogP contribution in [0.25, 0.3) is 0 Å². The molecule has 22 heavy (non-hydrogen) atoms. The first-order valence-electron chi connectivity index (χ1n) is 7.80. The van der Waals surface area contributed by atoms with Gasteiger partial charge in [-0.25, -0.2) is 0 Å². The lowest BCUT2D eigenvalue weighted by atomic mass is 9.75. The fourth-order valence-electron chi connectivity index (χ4n) is 3.94. The molecule has 6 nitrogen and oxygen atoms in total. The predicted molar refractivity (Wildman–Crippen MR) is 76.2 cm³/mol. The molecule has 5 unspecified atom stereocenters. The van der Waals surface area contributed by atoms with Gasteiger partial charge in [0.1, 0.15) is 12.1 Å². The summed E-state index contributed by atoms with van der Waals surface area (Å²) in [6.45, 7) is 2.08. The first kappa shape index (κ1) is 13.7. The number of epoxide rings is 1. The Morgan fingerprint density at radius 2 is 2.18 bits per heavy atom. The Bertz CT molecular complexity index is 624. The highest BCUT2D eigenvalue weighted by Gasteiger charge is 2.62. The molecular weight excluding hydrogens is 284 g/mol. The van der Waals surface area contributed by atoms with E-state index in [-0.39, 0.29) is 48.3 Å². The molecule has 5 atom stereocenters. The van der Waals surface area contributed by atoms with Crippen molar-refractivity contribution in [3.05, 3.63) is 23.8 Å². The second kappa shape index (κ2) is 4.78. The molecule has 3 fully saturated rings. The van der Waals surface area contributed by atoms with Gasteiger partial charge in [0.25, 0.3) is 0 Å². The molecular formula is C16H18N2O4. The number of likely N-dealkylation sites (tertiary alicyclic amines) is 1. The number of amides is 3. The molecule has 3 aliphatic heterocycles. The molecule has 3 heterocycles. The summed E-state index contributed by atoms with van der Waals surface area (Å²) in [6, 6.07) is -0.592. The summed E-state index contributed by atoms with van der Waals surface area (Å²) < 4.78 is 5.76. The Hall–Kier alpha value is -1.95. The van der Waals surface area contributed by atoms with Crippen LogP contribution in [0.1, 0.15) is 26.2 Å². The number of imide groups is 1. The van der Waals surface area contributed by atoms with E-state index in [1.165, 1.54) is 5.57 Å². The number of carbonyl (C=O) groups is 3. The number of nitrogens with one attached hydrogen (secondary N) is 1. The maximum Gasteiger partial charge on any atom is 0.249 e. The largest absolute Gasteiger partial charge is 0.347 e. The molecule has 0 aromatic rings. The van der Waals surface area contributed by atoms with Crippen molar-refractivity contribution in [1.29, 1.82) is 0 Å². The smallest absolute Gasteiger partial charge is 0.249 e. The minimum Gasteiger partial charge on any atom is -0.347 e. The molecule has 4 aliphatic rings. The number of nitrogens with zero attached hydrogens (tertiary/aromatic N) is 1. The van der Waals surface area contributed by atoms with Crippen molar-refractivity contribution >= 4 is 17.7 Å². The number of allylic oxidation sites excluding steroid dienone is 2. The molecule has 0 saturated carbocycles. The minimum absolute atomic E-state index is 0.0238. The number of hydrogen-bond acceptors (Lipinski definition) is 4. The molecule has 0 aromatic carbocycles. The molecule has 0 bridgehead atoms. The first-order valence-corrected chi connectivity index (χ1v) is 7.80. The average Bonchev–Trinajstić information content (AvgIpc) is 3.29. The number of carbonyl (C=O) groups excluding carboxylic acids is 3. The van der Waals surface area contributed by atoms with Gasteiger partial charge in [-0.2, -0.15) is 0 Å². The summed E-state index contributed by atoms with van der Waals surface area (Å²) in [5.74, 6) is -0.881. The third-order valence-corrected chi connectivity index (χ3v) is 5.07.